The fourth-order valence-electron chi connectivity index (χ4n) is 0.841. The fourth-order valence-corrected chi connectivity index (χ4v) is 2.77. The van der Waals surface area contributed by atoms with Gasteiger partial charge in [0.25, 0.3) is 0 Å². The molecule has 1 aromatic heterocycles. The highest BCUT2D eigenvalue weighted by atomic mass is 27.1. The predicted molar refractivity (Wildman–Crippen MR) is 48.4 cm³/mol. The number of hydrogen-bond acceptors (Lipinski definition) is 3. The average Bonchev–Trinajstić information content (AvgIpc) is 1.85. The highest BCUT2D eigenvalue weighted by Crippen LogP contribution is 1.76. The Bertz CT molecular complexity index is 219. The molecule has 6 heteroatoms. The van der Waals surface area contributed by atoms with Crippen LogP contribution in [0, 0.1) is 0 Å². The van der Waals surface area contributed by atoms with Crippen LogP contribution in [0.2, 0.25) is 0 Å². The van der Waals surface area contributed by atoms with Crippen LogP contribution in [0.3, 0.4) is 0 Å². The van der Waals surface area contributed by atoms with E-state index in [2.05, 4.69) is 15.0 Å². The van der Waals surface area contributed by atoms with Gasteiger partial charge in [-0.1, -0.05) is 0 Å². The molecular formula is C4H8Al3N3. The van der Waals surface area contributed by atoms with Crippen molar-refractivity contribution in [1.82, 2.24) is 15.0 Å². The molecule has 1 aromatic rings. The van der Waals surface area contributed by atoms with Gasteiger partial charge in [0.1, 0.15) is 5.82 Å². The van der Waals surface area contributed by atoms with Crippen molar-refractivity contribution in [1.29, 1.82) is 0 Å². The van der Waals surface area contributed by atoms with Crippen LogP contribution in [0.1, 0.15) is 5.82 Å². The van der Waals surface area contributed by atoms with Gasteiger partial charge in [-0.25, -0.2) is 9.97 Å². The summed E-state index contributed by atoms with van der Waals surface area (Å²) in [6, 6.07) is 0. The van der Waals surface area contributed by atoms with Gasteiger partial charge < -0.3 is 0 Å². The minimum atomic E-state index is 0.951. The van der Waals surface area contributed by atoms with Gasteiger partial charge in [0, 0.05) is 9.37 Å². The Morgan fingerprint density at radius 3 is 1.90 bits per heavy atom. The van der Waals surface area contributed by atoms with E-state index in [9.17, 15) is 0 Å². The van der Waals surface area contributed by atoms with Gasteiger partial charge >= 0.3 is 32.6 Å². The van der Waals surface area contributed by atoms with Crippen LogP contribution in [0.15, 0.2) is 0 Å². The number of nitrogens with zero attached hydrogens (tertiary/aromatic N) is 3. The molecule has 0 spiro atoms. The Balaban J connectivity index is 3.06. The van der Waals surface area contributed by atoms with Crippen LogP contribution in [0.4, 0.5) is 0 Å². The summed E-state index contributed by atoms with van der Waals surface area (Å²) in [5.74, 6) is 1.01. The van der Waals surface area contributed by atoms with Crippen LogP contribution in [-0.4, -0.2) is 63.8 Å². The third-order valence-electron chi connectivity index (χ3n) is 1.22. The summed E-state index contributed by atoms with van der Waals surface area (Å²) >= 11 is 3.05. The summed E-state index contributed by atoms with van der Waals surface area (Å²) in [5, 5.41) is 1.06. The number of hydrogen-bond donors (Lipinski definition) is 0. The smallest absolute Gasteiger partial charge is 0.260 e. The second-order valence-corrected chi connectivity index (χ2v) is 4.70. The molecule has 0 saturated heterocycles. The van der Waals surface area contributed by atoms with Crippen molar-refractivity contribution in [3.63, 3.8) is 0 Å². The monoisotopic (exact) mass is 179 g/mol. The normalized spacial score (nSPS) is 9.60. The fraction of sp³-hybridized carbons (Fsp3) is 0.250. The molecule has 0 aliphatic rings. The van der Waals surface area contributed by atoms with Crippen molar-refractivity contribution >= 4 is 58.2 Å². The topological polar surface area (TPSA) is 38.7 Å². The minimum Gasteiger partial charge on any atom is -0.260 e. The molecule has 0 radical (unpaired) electrons. The van der Waals surface area contributed by atoms with E-state index >= 15 is 0 Å². The number of rotatable bonds is 1. The Morgan fingerprint density at radius 1 is 1.00 bits per heavy atom. The van der Waals surface area contributed by atoms with Gasteiger partial charge in [-0.2, -0.15) is 0 Å². The maximum absolute atomic E-state index is 4.25. The van der Waals surface area contributed by atoms with E-state index in [-0.39, 0.29) is 0 Å². The van der Waals surface area contributed by atoms with Crippen LogP contribution in [-0.2, 0) is 5.28 Å². The van der Waals surface area contributed by atoms with E-state index in [1.807, 2.05) is 0 Å². The summed E-state index contributed by atoms with van der Waals surface area (Å²) in [6.45, 7) is 0. The first-order valence-corrected chi connectivity index (χ1v) is 6.82. The molecule has 3 nitrogen and oxygen atoms in total. The lowest BCUT2D eigenvalue weighted by atomic mass is 10.7. The highest BCUT2D eigenvalue weighted by molar-refractivity contribution is 6.32. The first-order valence-electron chi connectivity index (χ1n) is 3.40. The summed E-state index contributed by atoms with van der Waals surface area (Å²) in [6.07, 6.45) is 0. The third kappa shape index (κ3) is 2.33. The summed E-state index contributed by atoms with van der Waals surface area (Å²) < 4.78 is 2.01. The molecule has 0 amide bonds. The van der Waals surface area contributed by atoms with E-state index in [4.69, 9.17) is 0 Å². The first kappa shape index (κ1) is 8.70. The van der Waals surface area contributed by atoms with Gasteiger partial charge in [0.2, 0.25) is 16.3 Å². The predicted octanol–water partition coefficient (Wildman–Crippen LogP) is -4.48. The molecule has 0 aliphatic heterocycles. The highest BCUT2D eigenvalue weighted by Gasteiger charge is 1.95. The van der Waals surface area contributed by atoms with Crippen LogP contribution in [0.25, 0.3) is 0 Å². The molecule has 0 unspecified atom stereocenters. The van der Waals surface area contributed by atoms with Crippen LogP contribution < -0.4 is 9.37 Å². The molecule has 0 aromatic carbocycles. The molecule has 1 heterocycles. The summed E-state index contributed by atoms with van der Waals surface area (Å²) in [7, 11) is 0. The molecule has 1 rings (SSSR count). The Labute approximate surface area is 83.9 Å². The van der Waals surface area contributed by atoms with Crippen molar-refractivity contribution in [2.24, 2.45) is 0 Å². The molecule has 48 valence electrons. The van der Waals surface area contributed by atoms with Gasteiger partial charge in [0.15, 0.2) is 0 Å². The Kier molecular flexibility index (Phi) is 3.35. The molecule has 0 N–H and O–H groups in total. The maximum Gasteiger partial charge on any atom is 0.321 e. The second-order valence-electron chi connectivity index (χ2n) is 2.20. The zero-order valence-electron chi connectivity index (χ0n) is 6.55. The van der Waals surface area contributed by atoms with Crippen molar-refractivity contribution in [3.05, 3.63) is 5.82 Å². The molecule has 0 fully saturated rings. The molecule has 10 heavy (non-hydrogen) atoms. The van der Waals surface area contributed by atoms with Crippen LogP contribution >= 0.6 is 0 Å². The van der Waals surface area contributed by atoms with Crippen molar-refractivity contribution in [2.75, 3.05) is 0 Å². The quantitative estimate of drug-likeness (QED) is 0.408. The minimum absolute atomic E-state index is 0.951. The summed E-state index contributed by atoms with van der Waals surface area (Å²) in [4.78, 5) is 12.7. The van der Waals surface area contributed by atoms with Gasteiger partial charge in [-0.3, -0.25) is 4.98 Å². The lowest BCUT2D eigenvalue weighted by molar-refractivity contribution is 1.02. The second kappa shape index (κ2) is 3.84. The Morgan fingerprint density at radius 2 is 1.50 bits per heavy atom. The van der Waals surface area contributed by atoms with Crippen LogP contribution in [0.5, 0.6) is 0 Å². The van der Waals surface area contributed by atoms with E-state index in [0.717, 1.165) is 69.4 Å². The van der Waals surface area contributed by atoms with E-state index in [1.54, 1.807) is 0 Å². The lowest BCUT2D eigenvalue weighted by Gasteiger charge is -1.98. The standard InChI is InChI=1S/C4H2N3.3Al.6H/c1-4-6-2-5-3-7-4;;;;;;;;;/h1H2;;;;;;;;;. The zero-order chi connectivity index (χ0) is 7.56. The van der Waals surface area contributed by atoms with Gasteiger partial charge in [-0.15, -0.1) is 0 Å². The van der Waals surface area contributed by atoms with Crippen molar-refractivity contribution in [2.45, 2.75) is 5.28 Å². The summed E-state index contributed by atoms with van der Waals surface area (Å²) in [5.41, 5.74) is 0. The van der Waals surface area contributed by atoms with E-state index in [1.165, 1.54) is 0 Å². The average molecular weight is 179 g/mol. The first-order chi connectivity index (χ1) is 4.72. The largest absolute Gasteiger partial charge is 0.321 e. The van der Waals surface area contributed by atoms with E-state index in [0.29, 0.717) is 0 Å². The third-order valence-corrected chi connectivity index (χ3v) is 2.75. The molecule has 0 saturated carbocycles. The van der Waals surface area contributed by atoms with Gasteiger partial charge in [-0.05, 0) is 5.28 Å². The van der Waals surface area contributed by atoms with Crippen molar-refractivity contribution < 1.29 is 0 Å². The molecular weight excluding hydrogens is 171 g/mol. The van der Waals surface area contributed by atoms with Gasteiger partial charge in [0.05, 0.1) is 0 Å². The van der Waals surface area contributed by atoms with Crippen molar-refractivity contribution in [3.8, 4) is 0 Å². The molecule has 0 aliphatic carbocycles. The lowest BCUT2D eigenvalue weighted by Crippen LogP contribution is -2.29. The maximum atomic E-state index is 4.25. The molecule has 0 bridgehead atoms. The molecule has 0 atom stereocenters. The van der Waals surface area contributed by atoms with E-state index < -0.39 is 0 Å². The SMILES string of the molecule is [AlH2][CH2]c1n[c]([AlH2])n[c]([AlH2])n1. The number of aromatic nitrogens is 3. The Hall–Kier alpha value is 0.607. The zero-order valence-corrected chi connectivity index (χ0v) is 12.5.